The molecule has 1 saturated heterocycles. The van der Waals surface area contributed by atoms with Crippen molar-refractivity contribution >= 4 is 11.6 Å². The van der Waals surface area contributed by atoms with Crippen LogP contribution >= 0.6 is 0 Å². The van der Waals surface area contributed by atoms with Gasteiger partial charge in [0, 0.05) is 12.3 Å². The SMILES string of the molecule is CCOc1ccc(NC(=O)CC2CCCO2)cc1. The molecule has 4 nitrogen and oxygen atoms in total. The molecule has 1 heterocycles. The number of ether oxygens (including phenoxy) is 2. The van der Waals surface area contributed by atoms with Gasteiger partial charge < -0.3 is 14.8 Å². The zero-order valence-corrected chi connectivity index (χ0v) is 10.6. The fourth-order valence-corrected chi connectivity index (χ4v) is 2.03. The van der Waals surface area contributed by atoms with Crippen LogP contribution in [-0.4, -0.2) is 25.2 Å². The smallest absolute Gasteiger partial charge is 0.226 e. The van der Waals surface area contributed by atoms with Crippen LogP contribution in [0.5, 0.6) is 5.75 Å². The van der Waals surface area contributed by atoms with Crippen LogP contribution in [0.2, 0.25) is 0 Å². The Kier molecular flexibility index (Phi) is 4.59. The van der Waals surface area contributed by atoms with Gasteiger partial charge in [0.05, 0.1) is 19.1 Å². The molecule has 1 N–H and O–H groups in total. The second-order valence-corrected chi connectivity index (χ2v) is 4.34. The standard InChI is InChI=1S/C14H19NO3/c1-2-17-12-7-5-11(6-8-12)15-14(16)10-13-4-3-9-18-13/h5-8,13H,2-4,9-10H2,1H3,(H,15,16). The quantitative estimate of drug-likeness (QED) is 0.872. The van der Waals surface area contributed by atoms with Gasteiger partial charge >= 0.3 is 0 Å². The zero-order chi connectivity index (χ0) is 12.8. The number of rotatable bonds is 5. The lowest BCUT2D eigenvalue weighted by Crippen LogP contribution is -2.19. The Balaban J connectivity index is 1.82. The first kappa shape index (κ1) is 12.9. The van der Waals surface area contributed by atoms with E-state index in [1.807, 2.05) is 31.2 Å². The van der Waals surface area contributed by atoms with E-state index in [4.69, 9.17) is 9.47 Å². The summed E-state index contributed by atoms with van der Waals surface area (Å²) in [4.78, 5) is 11.8. The first-order chi connectivity index (χ1) is 8.78. The van der Waals surface area contributed by atoms with Crippen LogP contribution in [-0.2, 0) is 9.53 Å². The molecule has 1 aliphatic rings. The summed E-state index contributed by atoms with van der Waals surface area (Å²) in [7, 11) is 0. The van der Waals surface area contributed by atoms with Gasteiger partial charge in [0.2, 0.25) is 5.91 Å². The Hall–Kier alpha value is -1.55. The summed E-state index contributed by atoms with van der Waals surface area (Å²) in [6, 6.07) is 7.40. The van der Waals surface area contributed by atoms with Crippen LogP contribution in [0.15, 0.2) is 24.3 Å². The molecule has 1 unspecified atom stereocenters. The van der Waals surface area contributed by atoms with E-state index < -0.39 is 0 Å². The molecule has 98 valence electrons. The third-order valence-electron chi connectivity index (χ3n) is 2.89. The summed E-state index contributed by atoms with van der Waals surface area (Å²) >= 11 is 0. The highest BCUT2D eigenvalue weighted by atomic mass is 16.5. The van der Waals surface area contributed by atoms with Gasteiger partial charge in [0.25, 0.3) is 0 Å². The molecular formula is C14H19NO3. The summed E-state index contributed by atoms with van der Waals surface area (Å²) in [5, 5.41) is 2.86. The summed E-state index contributed by atoms with van der Waals surface area (Å²) in [6.07, 6.45) is 2.57. The van der Waals surface area contributed by atoms with Crippen LogP contribution in [0.1, 0.15) is 26.2 Å². The molecule has 0 saturated carbocycles. The van der Waals surface area contributed by atoms with Gasteiger partial charge in [-0.25, -0.2) is 0 Å². The van der Waals surface area contributed by atoms with Crippen LogP contribution in [0.3, 0.4) is 0 Å². The molecule has 1 aliphatic heterocycles. The summed E-state index contributed by atoms with van der Waals surface area (Å²) < 4.78 is 10.8. The zero-order valence-electron chi connectivity index (χ0n) is 10.6. The first-order valence-electron chi connectivity index (χ1n) is 6.42. The predicted molar refractivity (Wildman–Crippen MR) is 69.8 cm³/mol. The number of hydrogen-bond acceptors (Lipinski definition) is 3. The highest BCUT2D eigenvalue weighted by Gasteiger charge is 2.18. The minimum absolute atomic E-state index is 0.00561. The van der Waals surface area contributed by atoms with Crippen LogP contribution < -0.4 is 10.1 Å². The van der Waals surface area contributed by atoms with Crippen molar-refractivity contribution in [2.75, 3.05) is 18.5 Å². The van der Waals surface area contributed by atoms with Crippen molar-refractivity contribution in [2.24, 2.45) is 0 Å². The molecule has 0 radical (unpaired) electrons. The highest BCUT2D eigenvalue weighted by Crippen LogP contribution is 2.18. The largest absolute Gasteiger partial charge is 0.494 e. The number of carbonyl (C=O) groups is 1. The average Bonchev–Trinajstić information content (AvgIpc) is 2.84. The number of benzene rings is 1. The Labute approximate surface area is 107 Å². The lowest BCUT2D eigenvalue weighted by molar-refractivity contribution is -0.118. The van der Waals surface area contributed by atoms with Gasteiger partial charge in [0.15, 0.2) is 0 Å². The van der Waals surface area contributed by atoms with Crippen molar-refractivity contribution in [1.29, 1.82) is 0 Å². The summed E-state index contributed by atoms with van der Waals surface area (Å²) in [6.45, 7) is 3.36. The molecule has 1 amide bonds. The maximum atomic E-state index is 11.8. The van der Waals surface area contributed by atoms with Crippen LogP contribution in [0, 0.1) is 0 Å². The van der Waals surface area contributed by atoms with E-state index >= 15 is 0 Å². The van der Waals surface area contributed by atoms with E-state index in [0.29, 0.717) is 13.0 Å². The maximum Gasteiger partial charge on any atom is 0.226 e. The van der Waals surface area contributed by atoms with Crippen LogP contribution in [0.25, 0.3) is 0 Å². The highest BCUT2D eigenvalue weighted by molar-refractivity contribution is 5.91. The van der Waals surface area contributed by atoms with Crippen molar-refractivity contribution in [3.8, 4) is 5.75 Å². The van der Waals surface area contributed by atoms with Crippen molar-refractivity contribution in [1.82, 2.24) is 0 Å². The molecule has 1 atom stereocenters. The monoisotopic (exact) mass is 249 g/mol. The van der Waals surface area contributed by atoms with E-state index in [0.717, 1.165) is 30.9 Å². The Morgan fingerprint density at radius 1 is 1.44 bits per heavy atom. The maximum absolute atomic E-state index is 11.8. The van der Waals surface area contributed by atoms with Crippen molar-refractivity contribution in [3.63, 3.8) is 0 Å². The second kappa shape index (κ2) is 6.40. The molecular weight excluding hydrogens is 230 g/mol. The fourth-order valence-electron chi connectivity index (χ4n) is 2.03. The molecule has 0 aliphatic carbocycles. The molecule has 0 aromatic heterocycles. The molecule has 0 bridgehead atoms. The van der Waals surface area contributed by atoms with Crippen molar-refractivity contribution < 1.29 is 14.3 Å². The molecule has 18 heavy (non-hydrogen) atoms. The summed E-state index contributed by atoms with van der Waals surface area (Å²) in [5.74, 6) is 0.820. The van der Waals surface area contributed by atoms with Gasteiger partial charge in [-0.2, -0.15) is 0 Å². The Morgan fingerprint density at radius 3 is 2.83 bits per heavy atom. The molecule has 1 aromatic rings. The van der Waals surface area contributed by atoms with E-state index in [9.17, 15) is 4.79 Å². The molecule has 1 fully saturated rings. The van der Waals surface area contributed by atoms with Gasteiger partial charge in [-0.3, -0.25) is 4.79 Å². The number of hydrogen-bond donors (Lipinski definition) is 1. The third-order valence-corrected chi connectivity index (χ3v) is 2.89. The van der Waals surface area contributed by atoms with Crippen molar-refractivity contribution in [3.05, 3.63) is 24.3 Å². The lowest BCUT2D eigenvalue weighted by atomic mass is 10.2. The second-order valence-electron chi connectivity index (χ2n) is 4.34. The first-order valence-corrected chi connectivity index (χ1v) is 6.42. The Bertz CT molecular complexity index is 383. The molecule has 4 heteroatoms. The van der Waals surface area contributed by atoms with E-state index in [1.54, 1.807) is 0 Å². The van der Waals surface area contributed by atoms with E-state index in [1.165, 1.54) is 0 Å². The van der Waals surface area contributed by atoms with Gasteiger partial charge in [-0.1, -0.05) is 0 Å². The number of amides is 1. The number of carbonyl (C=O) groups excluding carboxylic acids is 1. The number of nitrogens with one attached hydrogen (secondary N) is 1. The normalized spacial score (nSPS) is 18.6. The minimum Gasteiger partial charge on any atom is -0.494 e. The van der Waals surface area contributed by atoms with Gasteiger partial charge in [0.1, 0.15) is 5.75 Å². The lowest BCUT2D eigenvalue weighted by Gasteiger charge is -2.10. The predicted octanol–water partition coefficient (Wildman–Crippen LogP) is 2.59. The van der Waals surface area contributed by atoms with Gasteiger partial charge in [-0.05, 0) is 44.0 Å². The third kappa shape index (κ3) is 3.74. The van der Waals surface area contributed by atoms with Crippen LogP contribution in [0.4, 0.5) is 5.69 Å². The average molecular weight is 249 g/mol. The minimum atomic E-state index is 0.00561. The Morgan fingerprint density at radius 2 is 2.22 bits per heavy atom. The molecule has 0 spiro atoms. The molecule has 1 aromatic carbocycles. The van der Waals surface area contributed by atoms with Crippen molar-refractivity contribution in [2.45, 2.75) is 32.3 Å². The topological polar surface area (TPSA) is 47.6 Å². The van der Waals surface area contributed by atoms with Gasteiger partial charge in [-0.15, -0.1) is 0 Å². The molecule has 2 rings (SSSR count). The van der Waals surface area contributed by atoms with E-state index in [-0.39, 0.29) is 12.0 Å². The fraction of sp³-hybridized carbons (Fsp3) is 0.500. The summed E-state index contributed by atoms with van der Waals surface area (Å²) in [5.41, 5.74) is 0.793. The van der Waals surface area contributed by atoms with E-state index in [2.05, 4.69) is 5.32 Å². The number of anilines is 1.